The topological polar surface area (TPSA) is 12.5 Å². The molecule has 3 fully saturated rings. The number of hydrogen-bond donors (Lipinski definition) is 0. The highest BCUT2D eigenvalue weighted by Crippen LogP contribution is 2.69. The van der Waals surface area contributed by atoms with Crippen molar-refractivity contribution in [3.05, 3.63) is 29.3 Å². The van der Waals surface area contributed by atoms with Gasteiger partial charge in [-0.1, -0.05) is 31.8 Å². The van der Waals surface area contributed by atoms with Crippen LogP contribution in [-0.2, 0) is 11.8 Å². The zero-order valence-corrected chi connectivity index (χ0v) is 14.7. The predicted octanol–water partition coefficient (Wildman–Crippen LogP) is 3.78. The standard InChI is InChI=1S/C22H27NO/c1-3-11-24-17-9-8-16-13-21-14-22(19(16)12-17)10-6-5-7-18(22)20(21)23(4-2)15-21/h1,8-9,12,18,20H,4-7,10-11,13-15H2,2H3. The van der Waals surface area contributed by atoms with Gasteiger partial charge in [0.1, 0.15) is 12.4 Å². The second-order valence-corrected chi connectivity index (χ2v) is 8.54. The molecule has 2 bridgehead atoms. The number of fused-ring (bicyclic) bond motifs is 2. The smallest absolute Gasteiger partial charge is 0.148 e. The number of terminal acetylenes is 1. The summed E-state index contributed by atoms with van der Waals surface area (Å²) in [5, 5.41) is 0. The van der Waals surface area contributed by atoms with E-state index in [1.165, 1.54) is 51.6 Å². The van der Waals surface area contributed by atoms with Crippen molar-refractivity contribution in [2.24, 2.45) is 11.3 Å². The summed E-state index contributed by atoms with van der Waals surface area (Å²) in [6, 6.07) is 7.65. The van der Waals surface area contributed by atoms with Crippen LogP contribution in [0.5, 0.6) is 5.75 Å². The monoisotopic (exact) mass is 321 g/mol. The molecule has 2 spiro atoms. The summed E-state index contributed by atoms with van der Waals surface area (Å²) in [6.45, 7) is 5.24. The van der Waals surface area contributed by atoms with Gasteiger partial charge in [0.2, 0.25) is 0 Å². The number of nitrogens with zero attached hydrogens (tertiary/aromatic N) is 1. The van der Waals surface area contributed by atoms with Crippen LogP contribution in [0.25, 0.3) is 0 Å². The molecule has 1 aromatic rings. The first-order chi connectivity index (χ1) is 11.7. The maximum atomic E-state index is 5.77. The van der Waals surface area contributed by atoms with Gasteiger partial charge in [0.05, 0.1) is 0 Å². The zero-order chi connectivity index (χ0) is 16.4. The number of hydrogen-bond acceptors (Lipinski definition) is 2. The Morgan fingerprint density at radius 2 is 2.29 bits per heavy atom. The second-order valence-electron chi connectivity index (χ2n) is 8.54. The van der Waals surface area contributed by atoms with Crippen molar-refractivity contribution >= 4 is 0 Å². The molecule has 24 heavy (non-hydrogen) atoms. The first kappa shape index (κ1) is 14.8. The molecule has 4 aliphatic rings. The Morgan fingerprint density at radius 3 is 3.12 bits per heavy atom. The average molecular weight is 321 g/mol. The molecule has 4 atom stereocenters. The van der Waals surface area contributed by atoms with E-state index in [1.54, 1.807) is 11.1 Å². The Morgan fingerprint density at radius 1 is 1.38 bits per heavy atom. The van der Waals surface area contributed by atoms with Crippen LogP contribution < -0.4 is 4.74 Å². The third-order valence-corrected chi connectivity index (χ3v) is 7.57. The van der Waals surface area contributed by atoms with Crippen molar-refractivity contribution in [2.75, 3.05) is 19.7 Å². The van der Waals surface area contributed by atoms with E-state index in [-0.39, 0.29) is 0 Å². The van der Waals surface area contributed by atoms with Crippen molar-refractivity contribution in [1.82, 2.24) is 4.90 Å². The molecule has 1 heterocycles. The van der Waals surface area contributed by atoms with Crippen molar-refractivity contribution in [1.29, 1.82) is 0 Å². The Hall–Kier alpha value is -1.46. The van der Waals surface area contributed by atoms with Crippen LogP contribution in [0.2, 0.25) is 0 Å². The van der Waals surface area contributed by atoms with Crippen LogP contribution >= 0.6 is 0 Å². The van der Waals surface area contributed by atoms with Gasteiger partial charge < -0.3 is 4.74 Å². The quantitative estimate of drug-likeness (QED) is 0.786. The molecule has 1 aromatic carbocycles. The minimum atomic E-state index is 0.366. The molecule has 5 rings (SSSR count). The summed E-state index contributed by atoms with van der Waals surface area (Å²) in [6.07, 6.45) is 13.7. The number of ether oxygens (including phenoxy) is 1. The summed E-state index contributed by atoms with van der Waals surface area (Å²) < 4.78 is 5.77. The molecule has 2 nitrogen and oxygen atoms in total. The van der Waals surface area contributed by atoms with Gasteiger partial charge in [-0.3, -0.25) is 4.90 Å². The Bertz CT molecular complexity index is 719. The van der Waals surface area contributed by atoms with Gasteiger partial charge >= 0.3 is 0 Å². The van der Waals surface area contributed by atoms with Gasteiger partial charge in [-0.15, -0.1) is 6.42 Å². The predicted molar refractivity (Wildman–Crippen MR) is 96.2 cm³/mol. The number of benzene rings is 1. The minimum absolute atomic E-state index is 0.366. The van der Waals surface area contributed by atoms with Crippen LogP contribution in [-0.4, -0.2) is 30.6 Å². The lowest BCUT2D eigenvalue weighted by Crippen LogP contribution is -2.64. The van der Waals surface area contributed by atoms with Gasteiger partial charge in [-0.25, -0.2) is 0 Å². The third-order valence-electron chi connectivity index (χ3n) is 7.57. The summed E-state index contributed by atoms with van der Waals surface area (Å²) in [7, 11) is 0. The molecule has 0 amide bonds. The molecular weight excluding hydrogens is 294 g/mol. The van der Waals surface area contributed by atoms with Crippen LogP contribution in [0.15, 0.2) is 18.2 Å². The summed E-state index contributed by atoms with van der Waals surface area (Å²) in [4.78, 5) is 2.76. The molecule has 2 heteroatoms. The molecule has 1 aliphatic heterocycles. The van der Waals surface area contributed by atoms with Gasteiger partial charge in [0, 0.05) is 23.4 Å². The van der Waals surface area contributed by atoms with E-state index >= 15 is 0 Å². The molecule has 0 aromatic heterocycles. The maximum Gasteiger partial charge on any atom is 0.148 e. The van der Waals surface area contributed by atoms with Gasteiger partial charge in [0.25, 0.3) is 0 Å². The molecule has 1 saturated heterocycles. The number of likely N-dealkylation sites (tertiary alicyclic amines) is 1. The third kappa shape index (κ3) is 1.72. The van der Waals surface area contributed by atoms with Crippen molar-refractivity contribution in [3.63, 3.8) is 0 Å². The van der Waals surface area contributed by atoms with Gasteiger partial charge in [-0.2, -0.15) is 0 Å². The summed E-state index contributed by atoms with van der Waals surface area (Å²) in [5.74, 6) is 4.41. The maximum absolute atomic E-state index is 5.77. The van der Waals surface area contributed by atoms with Crippen LogP contribution in [0.4, 0.5) is 0 Å². The SMILES string of the molecule is C#CCOc1ccc2c(c1)C13CCCCC1C1N(CC)CC1(C2)C3. The van der Waals surface area contributed by atoms with E-state index in [4.69, 9.17) is 11.2 Å². The zero-order valence-electron chi connectivity index (χ0n) is 14.7. The normalized spacial score (nSPS) is 39.2. The van der Waals surface area contributed by atoms with E-state index in [0.29, 0.717) is 17.4 Å². The van der Waals surface area contributed by atoms with E-state index in [0.717, 1.165) is 17.7 Å². The van der Waals surface area contributed by atoms with E-state index < -0.39 is 0 Å². The Labute approximate surface area is 145 Å². The fourth-order valence-electron chi connectivity index (χ4n) is 7.02. The minimum Gasteiger partial charge on any atom is -0.481 e. The molecular formula is C22H27NO. The fourth-order valence-corrected chi connectivity index (χ4v) is 7.02. The van der Waals surface area contributed by atoms with Crippen LogP contribution in [0.1, 0.15) is 50.2 Å². The van der Waals surface area contributed by atoms with Crippen molar-refractivity contribution < 1.29 is 4.74 Å². The summed E-state index contributed by atoms with van der Waals surface area (Å²) >= 11 is 0. The lowest BCUT2D eigenvalue weighted by atomic mass is 9.60. The van der Waals surface area contributed by atoms with E-state index in [1.807, 2.05) is 0 Å². The number of rotatable bonds is 3. The van der Waals surface area contributed by atoms with Crippen LogP contribution in [0.3, 0.4) is 0 Å². The Balaban J connectivity index is 1.61. The molecule has 2 saturated carbocycles. The largest absolute Gasteiger partial charge is 0.481 e. The van der Waals surface area contributed by atoms with E-state index in [9.17, 15) is 0 Å². The molecule has 3 aliphatic carbocycles. The molecule has 0 radical (unpaired) electrons. The first-order valence-electron chi connectivity index (χ1n) is 9.66. The first-order valence-corrected chi connectivity index (χ1v) is 9.66. The van der Waals surface area contributed by atoms with Gasteiger partial charge in [0.15, 0.2) is 0 Å². The lowest BCUT2D eigenvalue weighted by Gasteiger charge is -2.56. The lowest BCUT2D eigenvalue weighted by molar-refractivity contribution is -0.0674. The highest BCUT2D eigenvalue weighted by molar-refractivity contribution is 5.49. The molecule has 4 unspecified atom stereocenters. The fraction of sp³-hybridized carbons (Fsp3) is 0.636. The van der Waals surface area contributed by atoms with E-state index in [2.05, 4.69) is 35.9 Å². The highest BCUT2D eigenvalue weighted by Gasteiger charge is 2.70. The molecule has 0 N–H and O–H groups in total. The molecule has 126 valence electrons. The van der Waals surface area contributed by atoms with Gasteiger partial charge in [-0.05, 0) is 61.4 Å². The highest BCUT2D eigenvalue weighted by atomic mass is 16.5. The average Bonchev–Trinajstić information content (AvgIpc) is 2.77. The Kier molecular flexibility index (Phi) is 3.11. The van der Waals surface area contributed by atoms with Crippen molar-refractivity contribution in [3.8, 4) is 18.1 Å². The second kappa shape index (κ2) is 5.02. The van der Waals surface area contributed by atoms with Crippen LogP contribution in [0, 0.1) is 23.7 Å². The summed E-state index contributed by atoms with van der Waals surface area (Å²) in [5.41, 5.74) is 4.19. The van der Waals surface area contributed by atoms with Crippen molar-refractivity contribution in [2.45, 2.75) is 56.9 Å².